The fraction of sp³-hybridized carbons (Fsp3) is 0.591. The van der Waals surface area contributed by atoms with Gasteiger partial charge >= 0.3 is 0 Å². The van der Waals surface area contributed by atoms with E-state index in [2.05, 4.69) is 31.7 Å². The number of nitrogens with zero attached hydrogens (tertiary/aromatic N) is 1. The topological polar surface area (TPSA) is 23.5 Å². The van der Waals surface area contributed by atoms with Crippen LogP contribution in [0.15, 0.2) is 18.2 Å². The van der Waals surface area contributed by atoms with Gasteiger partial charge in [-0.25, -0.2) is 0 Å². The van der Waals surface area contributed by atoms with Gasteiger partial charge in [0.1, 0.15) is 9.57 Å². The number of benzene rings is 1. The van der Waals surface area contributed by atoms with E-state index in [1.54, 1.807) is 20.7 Å². The normalized spacial score (nSPS) is 11.4. The van der Waals surface area contributed by atoms with Crippen molar-refractivity contribution in [1.29, 1.82) is 0 Å². The highest BCUT2D eigenvalue weighted by atomic mass is 32.9. The standard InChI is InChI=1S/C22H33NOS3/c1-4-7-8-9-10-19-21(26-27-22(19)25)17-11-12-20(24)18(15-17)16-23(13-5-2)14-6-3/h11-12,15,24H,4-10,13-14,16H2,1-3H3. The van der Waals surface area contributed by atoms with E-state index in [9.17, 15) is 5.11 Å². The summed E-state index contributed by atoms with van der Waals surface area (Å²) >= 11 is 5.62. The Morgan fingerprint density at radius 2 is 1.70 bits per heavy atom. The number of unbranched alkanes of at least 4 members (excludes halogenated alkanes) is 3. The first-order chi connectivity index (χ1) is 13.1. The molecule has 2 aromatic rings. The molecule has 0 unspecified atom stereocenters. The molecule has 0 saturated heterocycles. The minimum absolute atomic E-state index is 0.402. The number of aromatic hydroxyl groups is 1. The zero-order valence-electron chi connectivity index (χ0n) is 16.9. The molecule has 1 aromatic carbocycles. The van der Waals surface area contributed by atoms with Crippen molar-refractivity contribution >= 4 is 32.9 Å². The minimum Gasteiger partial charge on any atom is -0.508 e. The molecule has 0 radical (unpaired) electrons. The molecule has 0 aliphatic rings. The molecule has 27 heavy (non-hydrogen) atoms. The summed E-state index contributed by atoms with van der Waals surface area (Å²) in [4.78, 5) is 3.74. The molecule has 1 N–H and O–H groups in total. The van der Waals surface area contributed by atoms with Crippen LogP contribution in [0.4, 0.5) is 0 Å². The fourth-order valence-electron chi connectivity index (χ4n) is 3.44. The molecule has 2 nitrogen and oxygen atoms in total. The van der Waals surface area contributed by atoms with Crippen molar-refractivity contribution < 1.29 is 5.11 Å². The van der Waals surface area contributed by atoms with Crippen molar-refractivity contribution in [3.8, 4) is 16.2 Å². The van der Waals surface area contributed by atoms with E-state index in [0.717, 1.165) is 48.3 Å². The Bertz CT molecular complexity index is 744. The van der Waals surface area contributed by atoms with Crippen molar-refractivity contribution in [2.75, 3.05) is 13.1 Å². The Morgan fingerprint density at radius 3 is 2.37 bits per heavy atom. The maximum Gasteiger partial charge on any atom is 0.120 e. The van der Waals surface area contributed by atoms with Crippen LogP contribution in [0.25, 0.3) is 10.4 Å². The van der Waals surface area contributed by atoms with Crippen molar-refractivity contribution in [1.82, 2.24) is 4.90 Å². The van der Waals surface area contributed by atoms with Crippen LogP contribution in [-0.2, 0) is 13.0 Å². The second-order valence-electron chi connectivity index (χ2n) is 7.19. The molecule has 1 aromatic heterocycles. The lowest BCUT2D eigenvalue weighted by Crippen LogP contribution is -2.24. The molecule has 0 bridgehead atoms. The molecule has 1 heterocycles. The molecular weight excluding hydrogens is 390 g/mol. The molecule has 0 saturated carbocycles. The van der Waals surface area contributed by atoms with Crippen LogP contribution in [-0.4, -0.2) is 23.1 Å². The number of hydrogen-bond donors (Lipinski definition) is 1. The lowest BCUT2D eigenvalue weighted by molar-refractivity contribution is 0.263. The van der Waals surface area contributed by atoms with Gasteiger partial charge in [-0.15, -0.1) is 0 Å². The number of hydrogen-bond acceptors (Lipinski definition) is 5. The predicted molar refractivity (Wildman–Crippen MR) is 124 cm³/mol. The Labute approximate surface area is 177 Å². The highest BCUT2D eigenvalue weighted by molar-refractivity contribution is 7.80. The first-order valence-electron chi connectivity index (χ1n) is 10.3. The third-order valence-electron chi connectivity index (χ3n) is 4.82. The van der Waals surface area contributed by atoms with Crippen molar-refractivity contribution in [3.63, 3.8) is 0 Å². The van der Waals surface area contributed by atoms with Crippen molar-refractivity contribution in [2.45, 2.75) is 72.3 Å². The van der Waals surface area contributed by atoms with Gasteiger partial charge in [0.05, 0.1) is 4.88 Å². The summed E-state index contributed by atoms with van der Waals surface area (Å²) in [6, 6.07) is 6.08. The van der Waals surface area contributed by atoms with Gasteiger partial charge in [0.2, 0.25) is 0 Å². The molecule has 0 spiro atoms. The SMILES string of the molecule is CCCCCCc1c(-c2ccc(O)c(CN(CCC)CCC)c2)ssc1=S. The maximum atomic E-state index is 10.4. The smallest absolute Gasteiger partial charge is 0.120 e. The minimum atomic E-state index is 0.402. The van der Waals surface area contributed by atoms with Crippen LogP contribution in [0, 0.1) is 3.82 Å². The largest absolute Gasteiger partial charge is 0.508 e. The first-order valence-corrected chi connectivity index (χ1v) is 12.8. The zero-order chi connectivity index (χ0) is 19.6. The van der Waals surface area contributed by atoms with Gasteiger partial charge in [0.15, 0.2) is 0 Å². The highest BCUT2D eigenvalue weighted by Crippen LogP contribution is 2.37. The summed E-state index contributed by atoms with van der Waals surface area (Å²) in [7, 11) is 3.50. The summed E-state index contributed by atoms with van der Waals surface area (Å²) in [6.07, 6.45) is 8.37. The summed E-state index contributed by atoms with van der Waals surface area (Å²) in [5.41, 5.74) is 3.57. The first kappa shape index (κ1) is 22.5. The molecule has 5 heteroatoms. The Hall–Kier alpha value is -0.750. The van der Waals surface area contributed by atoms with Gasteiger partial charge in [0, 0.05) is 12.1 Å². The Balaban J connectivity index is 2.23. The average Bonchev–Trinajstić information content (AvgIpc) is 3.02. The van der Waals surface area contributed by atoms with E-state index in [1.807, 2.05) is 12.1 Å². The lowest BCUT2D eigenvalue weighted by Gasteiger charge is -2.22. The Kier molecular flexibility index (Phi) is 9.98. The van der Waals surface area contributed by atoms with Gasteiger partial charge in [0.25, 0.3) is 0 Å². The van der Waals surface area contributed by atoms with Crippen LogP contribution < -0.4 is 0 Å². The van der Waals surface area contributed by atoms with Gasteiger partial charge in [-0.05, 0) is 68.1 Å². The average molecular weight is 424 g/mol. The molecule has 2 rings (SSSR count). The van der Waals surface area contributed by atoms with Crippen LogP contribution >= 0.6 is 32.9 Å². The summed E-state index contributed by atoms with van der Waals surface area (Å²) in [6.45, 7) is 9.61. The van der Waals surface area contributed by atoms with E-state index >= 15 is 0 Å². The lowest BCUT2D eigenvalue weighted by atomic mass is 10.0. The van der Waals surface area contributed by atoms with Gasteiger partial charge in [-0.3, -0.25) is 4.90 Å². The van der Waals surface area contributed by atoms with Crippen LogP contribution in [0.2, 0.25) is 0 Å². The van der Waals surface area contributed by atoms with Gasteiger partial charge < -0.3 is 5.11 Å². The van der Waals surface area contributed by atoms with Gasteiger partial charge in [-0.2, -0.15) is 0 Å². The van der Waals surface area contributed by atoms with E-state index in [1.165, 1.54) is 41.7 Å². The van der Waals surface area contributed by atoms with Crippen LogP contribution in [0.5, 0.6) is 5.75 Å². The summed E-state index contributed by atoms with van der Waals surface area (Å²) in [5, 5.41) is 10.4. The van der Waals surface area contributed by atoms with Crippen molar-refractivity contribution in [2.24, 2.45) is 0 Å². The van der Waals surface area contributed by atoms with Crippen LogP contribution in [0.1, 0.15) is 70.4 Å². The fourth-order valence-corrected chi connectivity index (χ4v) is 6.44. The molecular formula is C22H33NOS3. The molecule has 0 atom stereocenters. The number of phenols is 1. The number of phenolic OH excluding ortho intramolecular Hbond substituents is 1. The predicted octanol–water partition coefficient (Wildman–Crippen LogP) is 7.66. The summed E-state index contributed by atoms with van der Waals surface area (Å²) in [5.74, 6) is 0.402. The second kappa shape index (κ2) is 11.9. The van der Waals surface area contributed by atoms with Crippen molar-refractivity contribution in [3.05, 3.63) is 33.1 Å². The summed E-state index contributed by atoms with van der Waals surface area (Å²) < 4.78 is 1.04. The van der Waals surface area contributed by atoms with E-state index in [4.69, 9.17) is 12.2 Å². The molecule has 150 valence electrons. The molecule has 0 amide bonds. The molecule has 0 aliphatic carbocycles. The number of rotatable bonds is 12. The third-order valence-corrected chi connectivity index (χ3v) is 8.01. The highest BCUT2D eigenvalue weighted by Gasteiger charge is 2.14. The monoisotopic (exact) mass is 423 g/mol. The third kappa shape index (κ3) is 6.67. The van der Waals surface area contributed by atoms with Gasteiger partial charge in [-0.1, -0.05) is 72.9 Å². The molecule has 0 aliphatic heterocycles. The quantitative estimate of drug-likeness (QED) is 0.215. The van der Waals surface area contributed by atoms with Crippen LogP contribution in [0.3, 0.4) is 0 Å². The zero-order valence-corrected chi connectivity index (χ0v) is 19.4. The van der Waals surface area contributed by atoms with E-state index in [0.29, 0.717) is 5.75 Å². The second-order valence-corrected chi connectivity index (χ2v) is 10.0. The Morgan fingerprint density at radius 1 is 0.963 bits per heavy atom. The maximum absolute atomic E-state index is 10.4. The molecule has 0 fully saturated rings. The van der Waals surface area contributed by atoms with E-state index in [-0.39, 0.29) is 0 Å². The van der Waals surface area contributed by atoms with E-state index < -0.39 is 0 Å².